The molecule has 0 radical (unpaired) electrons. The van der Waals surface area contributed by atoms with Gasteiger partial charge in [0.05, 0.1) is 6.61 Å². The zero-order valence-electron chi connectivity index (χ0n) is 26.1. The maximum absolute atomic E-state index is 13.1. The van der Waals surface area contributed by atoms with Crippen LogP contribution in [-0.2, 0) is 35.0 Å². The maximum Gasteiger partial charge on any atom is 0.336 e. The van der Waals surface area contributed by atoms with Crippen molar-refractivity contribution in [2.45, 2.75) is 71.5 Å². The summed E-state index contributed by atoms with van der Waals surface area (Å²) in [6.07, 6.45) is 5.76. The van der Waals surface area contributed by atoms with E-state index in [-0.39, 0.29) is 13.2 Å². The number of aryl methyl sites for hydroxylation is 3. The number of fused-ring (bicyclic) bond motifs is 1. The van der Waals surface area contributed by atoms with E-state index in [9.17, 15) is 19.5 Å². The third-order valence-electron chi connectivity index (χ3n) is 7.37. The van der Waals surface area contributed by atoms with Gasteiger partial charge < -0.3 is 24.6 Å². The maximum atomic E-state index is 13.1. The van der Waals surface area contributed by atoms with Crippen molar-refractivity contribution in [2.24, 2.45) is 0 Å². The molecule has 0 fully saturated rings. The highest BCUT2D eigenvalue weighted by Crippen LogP contribution is 2.17. The smallest absolute Gasteiger partial charge is 0.336 e. The number of allylic oxidation sites excluding steroid dienone is 1. The first kappa shape index (κ1) is 34.5. The molecule has 2 atom stereocenters. The van der Waals surface area contributed by atoms with Crippen molar-refractivity contribution in [1.82, 2.24) is 5.32 Å². The SMILES string of the molecule is CCOC(=O)CO[C@@H](C(=O)O)[C@@H](OCCCC=Cc1ccc(C)c(C)c1)C(=O)NCCCCCc1ccc2ccccc2c1. The van der Waals surface area contributed by atoms with Crippen LogP contribution in [0.3, 0.4) is 0 Å². The third kappa shape index (κ3) is 11.6. The second kappa shape index (κ2) is 18.6. The highest BCUT2D eigenvalue weighted by atomic mass is 16.6. The van der Waals surface area contributed by atoms with Gasteiger partial charge in [-0.15, -0.1) is 0 Å². The number of ether oxygens (including phenoxy) is 3. The molecule has 3 aromatic carbocycles. The number of rotatable bonds is 19. The lowest BCUT2D eigenvalue weighted by Gasteiger charge is -2.23. The first-order valence-corrected chi connectivity index (χ1v) is 15.4. The summed E-state index contributed by atoms with van der Waals surface area (Å²) >= 11 is 0. The average molecular weight is 604 g/mol. The number of carboxylic acids is 1. The lowest BCUT2D eigenvalue weighted by molar-refractivity contribution is -0.174. The van der Waals surface area contributed by atoms with Crippen LogP contribution in [-0.4, -0.2) is 61.5 Å². The molecule has 0 saturated carbocycles. The van der Waals surface area contributed by atoms with Gasteiger partial charge in [0, 0.05) is 13.2 Å². The van der Waals surface area contributed by atoms with Crippen molar-refractivity contribution in [1.29, 1.82) is 0 Å². The number of benzene rings is 3. The van der Waals surface area contributed by atoms with Gasteiger partial charge in [0.1, 0.15) is 6.61 Å². The van der Waals surface area contributed by atoms with Crippen LogP contribution in [0, 0.1) is 13.8 Å². The monoisotopic (exact) mass is 603 g/mol. The highest BCUT2D eigenvalue weighted by molar-refractivity contribution is 5.88. The number of carboxylic acid groups (broad SMARTS) is 1. The van der Waals surface area contributed by atoms with E-state index >= 15 is 0 Å². The molecule has 0 heterocycles. The Morgan fingerprint density at radius 2 is 1.66 bits per heavy atom. The summed E-state index contributed by atoms with van der Waals surface area (Å²) in [6, 6.07) is 21.0. The minimum atomic E-state index is -1.65. The van der Waals surface area contributed by atoms with E-state index in [0.29, 0.717) is 19.4 Å². The summed E-state index contributed by atoms with van der Waals surface area (Å²) in [4.78, 5) is 36.9. The van der Waals surface area contributed by atoms with Crippen molar-refractivity contribution in [2.75, 3.05) is 26.4 Å². The first-order valence-electron chi connectivity index (χ1n) is 15.4. The third-order valence-corrected chi connectivity index (χ3v) is 7.37. The van der Waals surface area contributed by atoms with Gasteiger partial charge in [-0.05, 0) is 85.9 Å². The highest BCUT2D eigenvalue weighted by Gasteiger charge is 2.36. The Morgan fingerprint density at radius 3 is 2.41 bits per heavy atom. The predicted octanol–water partition coefficient (Wildman–Crippen LogP) is 6.20. The van der Waals surface area contributed by atoms with E-state index in [1.165, 1.54) is 27.5 Å². The van der Waals surface area contributed by atoms with E-state index in [0.717, 1.165) is 31.2 Å². The molecular weight excluding hydrogens is 558 g/mol. The van der Waals surface area contributed by atoms with Gasteiger partial charge in [-0.25, -0.2) is 9.59 Å². The van der Waals surface area contributed by atoms with E-state index in [1.807, 2.05) is 24.3 Å². The fourth-order valence-corrected chi connectivity index (χ4v) is 4.79. The van der Waals surface area contributed by atoms with Crippen LogP contribution < -0.4 is 5.32 Å². The molecule has 0 aromatic heterocycles. The predicted molar refractivity (Wildman–Crippen MR) is 172 cm³/mol. The molecule has 8 heteroatoms. The Labute approximate surface area is 260 Å². The average Bonchev–Trinajstić information content (AvgIpc) is 3.01. The molecule has 0 bridgehead atoms. The van der Waals surface area contributed by atoms with Crippen LogP contribution in [0.25, 0.3) is 16.8 Å². The molecule has 8 nitrogen and oxygen atoms in total. The molecule has 0 spiro atoms. The standard InChI is InChI=1S/C36H45NO7/c1-4-42-32(38)25-44-34(36(40)41)33(43-22-12-6-8-13-28-18-17-26(2)27(3)23-28)35(39)37-21-11-5-7-14-29-19-20-30-15-9-10-16-31(30)24-29/h8-10,13,15-20,23-24,33-34H,4-7,11-12,14,21-22,25H2,1-3H3,(H,37,39)(H,40,41)/t33-,34-/m1/s1. The lowest BCUT2D eigenvalue weighted by Crippen LogP contribution is -2.49. The Kier molecular flexibility index (Phi) is 14.6. The first-order chi connectivity index (χ1) is 21.3. The van der Waals surface area contributed by atoms with Gasteiger partial charge in [0.15, 0.2) is 12.2 Å². The molecule has 1 amide bonds. The number of esters is 1. The molecule has 3 rings (SSSR count). The van der Waals surface area contributed by atoms with Crippen LogP contribution in [0.4, 0.5) is 0 Å². The van der Waals surface area contributed by atoms with Gasteiger partial charge >= 0.3 is 11.9 Å². The van der Waals surface area contributed by atoms with E-state index in [1.54, 1.807) is 6.92 Å². The Bertz CT molecular complexity index is 1400. The van der Waals surface area contributed by atoms with Crippen molar-refractivity contribution in [3.8, 4) is 0 Å². The largest absolute Gasteiger partial charge is 0.479 e. The second-order valence-corrected chi connectivity index (χ2v) is 10.8. The van der Waals surface area contributed by atoms with Gasteiger partial charge in [-0.2, -0.15) is 0 Å². The molecule has 2 N–H and O–H groups in total. The number of unbranched alkanes of at least 4 members (excludes halogenated alkanes) is 3. The minimum absolute atomic E-state index is 0.136. The van der Waals surface area contributed by atoms with Crippen LogP contribution in [0.2, 0.25) is 0 Å². The van der Waals surface area contributed by atoms with Gasteiger partial charge in [-0.1, -0.05) is 79.2 Å². The summed E-state index contributed by atoms with van der Waals surface area (Å²) in [5.41, 5.74) is 4.82. The molecular formula is C36H45NO7. The summed E-state index contributed by atoms with van der Waals surface area (Å²) in [5, 5.41) is 15.1. The van der Waals surface area contributed by atoms with Gasteiger partial charge in [-0.3, -0.25) is 4.79 Å². The molecule has 0 unspecified atom stereocenters. The van der Waals surface area contributed by atoms with Gasteiger partial charge in [0.2, 0.25) is 0 Å². The van der Waals surface area contributed by atoms with Crippen LogP contribution >= 0.6 is 0 Å². The number of carbonyl (C=O) groups excluding carboxylic acids is 2. The van der Waals surface area contributed by atoms with Gasteiger partial charge in [0.25, 0.3) is 5.91 Å². The quantitative estimate of drug-likeness (QED) is 0.124. The topological polar surface area (TPSA) is 111 Å². The lowest BCUT2D eigenvalue weighted by atomic mass is 10.0. The Morgan fingerprint density at radius 1 is 0.864 bits per heavy atom. The molecule has 236 valence electrons. The summed E-state index contributed by atoms with van der Waals surface area (Å²) in [7, 11) is 0. The Hall–Kier alpha value is -4.01. The van der Waals surface area contributed by atoms with Crippen molar-refractivity contribution >= 4 is 34.7 Å². The zero-order valence-corrected chi connectivity index (χ0v) is 26.1. The molecule has 44 heavy (non-hydrogen) atoms. The fourth-order valence-electron chi connectivity index (χ4n) is 4.79. The molecule has 0 saturated heterocycles. The van der Waals surface area contributed by atoms with Crippen molar-refractivity contribution in [3.63, 3.8) is 0 Å². The van der Waals surface area contributed by atoms with Crippen molar-refractivity contribution in [3.05, 3.63) is 89.0 Å². The number of amides is 1. The summed E-state index contributed by atoms with van der Waals surface area (Å²) in [6.45, 7) is 5.85. The fraction of sp³-hybridized carbons (Fsp3) is 0.417. The summed E-state index contributed by atoms with van der Waals surface area (Å²) in [5.74, 6) is -2.68. The molecule has 0 aliphatic carbocycles. The normalized spacial score (nSPS) is 12.7. The van der Waals surface area contributed by atoms with E-state index < -0.39 is 36.7 Å². The minimum Gasteiger partial charge on any atom is -0.479 e. The number of aliphatic carboxylic acids is 1. The zero-order chi connectivity index (χ0) is 31.7. The number of hydrogen-bond acceptors (Lipinski definition) is 6. The van der Waals surface area contributed by atoms with E-state index in [4.69, 9.17) is 14.2 Å². The van der Waals surface area contributed by atoms with E-state index in [2.05, 4.69) is 67.7 Å². The Balaban J connectivity index is 1.48. The number of carbonyl (C=O) groups is 3. The molecule has 0 aliphatic rings. The van der Waals surface area contributed by atoms with Crippen LogP contribution in [0.5, 0.6) is 0 Å². The molecule has 0 aliphatic heterocycles. The molecule has 3 aromatic rings. The van der Waals surface area contributed by atoms with Crippen LogP contribution in [0.15, 0.2) is 66.7 Å². The van der Waals surface area contributed by atoms with Crippen LogP contribution in [0.1, 0.15) is 61.3 Å². The number of hydrogen-bond donors (Lipinski definition) is 2. The summed E-state index contributed by atoms with van der Waals surface area (Å²) < 4.78 is 15.9. The number of nitrogens with one attached hydrogen (secondary N) is 1. The van der Waals surface area contributed by atoms with Crippen molar-refractivity contribution < 1.29 is 33.7 Å². The second-order valence-electron chi connectivity index (χ2n) is 10.8.